The van der Waals surface area contributed by atoms with E-state index < -0.39 is 0 Å². The van der Waals surface area contributed by atoms with Gasteiger partial charge in [-0.25, -0.2) is 9.50 Å². The molecule has 0 bridgehead atoms. The van der Waals surface area contributed by atoms with Gasteiger partial charge in [0.1, 0.15) is 5.82 Å². The van der Waals surface area contributed by atoms with Crippen molar-refractivity contribution in [2.45, 2.75) is 42.5 Å². The van der Waals surface area contributed by atoms with Crippen LogP contribution in [0.5, 0.6) is 0 Å². The van der Waals surface area contributed by atoms with Gasteiger partial charge < -0.3 is 16.8 Å². The Morgan fingerprint density at radius 3 is 2.77 bits per heavy atom. The van der Waals surface area contributed by atoms with Crippen molar-refractivity contribution in [2.24, 2.45) is 5.73 Å². The minimum Gasteiger partial charge on any atom is -0.382 e. The lowest BCUT2D eigenvalue weighted by Gasteiger charge is -2.24. The molecule has 1 aliphatic rings. The number of nitrogens with one attached hydrogen (secondary N) is 1. The highest BCUT2D eigenvalue weighted by Crippen LogP contribution is 2.33. The Balaban J connectivity index is 1.67. The van der Waals surface area contributed by atoms with Crippen molar-refractivity contribution >= 4 is 34.6 Å². The minimum atomic E-state index is 0.331. The van der Waals surface area contributed by atoms with Gasteiger partial charge in [0.25, 0.3) is 0 Å². The lowest BCUT2D eigenvalue weighted by Crippen LogP contribution is -2.25. The van der Waals surface area contributed by atoms with Gasteiger partial charge in [0.15, 0.2) is 5.65 Å². The maximum absolute atomic E-state index is 6.04. The number of nitrogen functional groups attached to an aromatic ring is 1. The maximum Gasteiger partial charge on any atom is 0.177 e. The molecule has 1 aromatic carbocycles. The molecule has 0 unspecified atom stereocenters. The molecule has 6 nitrogen and oxygen atoms in total. The van der Waals surface area contributed by atoms with Gasteiger partial charge in [-0.2, -0.15) is 0 Å². The molecular weight excluding hydrogens is 344 g/mol. The summed E-state index contributed by atoms with van der Waals surface area (Å²) in [7, 11) is 0. The third kappa shape index (κ3) is 3.50. The Kier molecular flexibility index (Phi) is 4.74. The van der Waals surface area contributed by atoms with Crippen LogP contribution in [0.3, 0.4) is 0 Å². The highest BCUT2D eigenvalue weighted by Gasteiger charge is 2.23. The van der Waals surface area contributed by atoms with Gasteiger partial charge in [0, 0.05) is 28.6 Å². The first-order valence-electron chi connectivity index (χ1n) is 8.95. The molecule has 0 spiro atoms. The molecule has 26 heavy (non-hydrogen) atoms. The first kappa shape index (κ1) is 17.2. The number of hydrogen-bond donors (Lipinski definition) is 3. The predicted octanol–water partition coefficient (Wildman–Crippen LogP) is 3.76. The number of thioether (sulfide) groups is 1. The van der Waals surface area contributed by atoms with Crippen LogP contribution in [0.4, 0.5) is 17.2 Å². The lowest BCUT2D eigenvalue weighted by molar-refractivity contribution is 0.391. The van der Waals surface area contributed by atoms with Crippen molar-refractivity contribution in [3.63, 3.8) is 0 Å². The Morgan fingerprint density at radius 1 is 1.19 bits per heavy atom. The zero-order chi connectivity index (χ0) is 18.1. The molecule has 2 aromatic heterocycles. The molecule has 0 saturated heterocycles. The van der Waals surface area contributed by atoms with E-state index in [0.29, 0.717) is 17.8 Å². The fourth-order valence-electron chi connectivity index (χ4n) is 3.57. The van der Waals surface area contributed by atoms with E-state index in [1.165, 1.54) is 4.90 Å². The predicted molar refractivity (Wildman–Crippen MR) is 108 cm³/mol. The number of aromatic nitrogens is 3. The topological polar surface area (TPSA) is 94.3 Å². The first-order chi connectivity index (χ1) is 12.6. The van der Waals surface area contributed by atoms with Gasteiger partial charge >= 0.3 is 0 Å². The number of anilines is 3. The van der Waals surface area contributed by atoms with E-state index in [2.05, 4.69) is 28.8 Å². The molecule has 2 heterocycles. The van der Waals surface area contributed by atoms with Crippen LogP contribution in [0.25, 0.3) is 5.65 Å². The summed E-state index contributed by atoms with van der Waals surface area (Å²) in [6.45, 7) is 0. The molecule has 1 aliphatic carbocycles. The Bertz CT molecular complexity index is 914. The molecule has 136 valence electrons. The molecule has 0 aliphatic heterocycles. The van der Waals surface area contributed by atoms with E-state index in [4.69, 9.17) is 16.5 Å². The molecule has 1 saturated carbocycles. The Hall–Kier alpha value is -2.25. The number of hydrogen-bond acceptors (Lipinski definition) is 6. The molecule has 3 aromatic rings. The van der Waals surface area contributed by atoms with Crippen LogP contribution in [0.15, 0.2) is 41.4 Å². The van der Waals surface area contributed by atoms with Crippen molar-refractivity contribution in [3.8, 4) is 0 Å². The van der Waals surface area contributed by atoms with Crippen LogP contribution in [-0.2, 0) is 0 Å². The van der Waals surface area contributed by atoms with E-state index in [9.17, 15) is 0 Å². The van der Waals surface area contributed by atoms with Crippen molar-refractivity contribution < 1.29 is 0 Å². The fraction of sp³-hybridized carbons (Fsp3) is 0.368. The summed E-state index contributed by atoms with van der Waals surface area (Å²) >= 11 is 1.72. The van der Waals surface area contributed by atoms with Crippen LogP contribution in [0.2, 0.25) is 0 Å². The zero-order valence-electron chi connectivity index (χ0n) is 14.9. The highest BCUT2D eigenvalue weighted by molar-refractivity contribution is 7.98. The fourth-order valence-corrected chi connectivity index (χ4v) is 4.03. The van der Waals surface area contributed by atoms with Gasteiger partial charge in [-0.15, -0.1) is 16.9 Å². The van der Waals surface area contributed by atoms with E-state index in [0.717, 1.165) is 48.4 Å². The highest BCUT2D eigenvalue weighted by atomic mass is 32.2. The van der Waals surface area contributed by atoms with Gasteiger partial charge in [0.2, 0.25) is 0 Å². The van der Waals surface area contributed by atoms with E-state index in [1.807, 2.05) is 24.4 Å². The lowest BCUT2D eigenvalue weighted by atomic mass is 9.85. The largest absolute Gasteiger partial charge is 0.382 e. The third-order valence-electron chi connectivity index (χ3n) is 5.00. The first-order valence-corrected chi connectivity index (χ1v) is 10.2. The molecule has 5 N–H and O–H groups in total. The standard InChI is InChI=1S/C19H24N6S/c1-26-15-4-2-3-14(9-15)22-16-10-18(21)24-25-11-17(23-19(16)25)12-5-7-13(20)8-6-12/h2-4,9-13,22H,5-8,20H2,1H3,(H2,21,24). The van der Waals surface area contributed by atoms with Crippen molar-refractivity contribution in [2.75, 3.05) is 17.3 Å². The second kappa shape index (κ2) is 7.17. The molecule has 4 rings (SSSR count). The molecular formula is C19H24N6S. The van der Waals surface area contributed by atoms with Crippen molar-refractivity contribution in [1.29, 1.82) is 0 Å². The summed E-state index contributed by atoms with van der Waals surface area (Å²) in [6.07, 6.45) is 8.36. The molecule has 7 heteroatoms. The normalized spacial score (nSPS) is 20.4. The van der Waals surface area contributed by atoms with E-state index >= 15 is 0 Å². The number of nitrogens with zero attached hydrogens (tertiary/aromatic N) is 3. The molecule has 0 atom stereocenters. The van der Waals surface area contributed by atoms with Gasteiger partial charge in [0.05, 0.1) is 17.6 Å². The van der Waals surface area contributed by atoms with E-state index in [1.54, 1.807) is 16.3 Å². The third-order valence-corrected chi connectivity index (χ3v) is 5.73. The van der Waals surface area contributed by atoms with Crippen molar-refractivity contribution in [3.05, 3.63) is 42.2 Å². The average molecular weight is 369 g/mol. The Morgan fingerprint density at radius 2 is 2.00 bits per heavy atom. The SMILES string of the molecule is CSc1cccc(Nc2cc(N)nn3cc(C4CCC(N)CC4)nc23)c1. The van der Waals surface area contributed by atoms with Gasteiger partial charge in [-0.05, 0) is 50.1 Å². The smallest absolute Gasteiger partial charge is 0.177 e. The number of benzene rings is 1. The van der Waals surface area contributed by atoms with Crippen LogP contribution in [-0.4, -0.2) is 26.9 Å². The van der Waals surface area contributed by atoms with Crippen LogP contribution >= 0.6 is 11.8 Å². The maximum atomic E-state index is 6.04. The zero-order valence-corrected chi connectivity index (χ0v) is 15.7. The summed E-state index contributed by atoms with van der Waals surface area (Å²) in [5, 5.41) is 7.85. The minimum absolute atomic E-state index is 0.331. The molecule has 0 radical (unpaired) electrons. The van der Waals surface area contributed by atoms with E-state index in [-0.39, 0.29) is 0 Å². The van der Waals surface area contributed by atoms with Crippen molar-refractivity contribution in [1.82, 2.24) is 14.6 Å². The summed E-state index contributed by atoms with van der Waals surface area (Å²) in [6, 6.07) is 10.5. The summed E-state index contributed by atoms with van der Waals surface area (Å²) in [4.78, 5) is 6.08. The molecule has 1 fully saturated rings. The summed E-state index contributed by atoms with van der Waals surface area (Å²) in [5.41, 5.74) is 15.8. The monoisotopic (exact) mass is 368 g/mol. The Labute approximate surface area is 157 Å². The second-order valence-corrected chi connectivity index (χ2v) is 7.77. The molecule has 0 amide bonds. The number of imidazole rings is 1. The quantitative estimate of drug-likeness (QED) is 0.607. The second-order valence-electron chi connectivity index (χ2n) is 6.89. The summed E-state index contributed by atoms with van der Waals surface area (Å²) in [5.74, 6) is 0.918. The number of rotatable bonds is 4. The van der Waals surface area contributed by atoms with Crippen LogP contribution in [0, 0.1) is 0 Å². The van der Waals surface area contributed by atoms with Gasteiger partial charge in [-0.3, -0.25) is 0 Å². The van der Waals surface area contributed by atoms with Crippen LogP contribution < -0.4 is 16.8 Å². The summed E-state index contributed by atoms with van der Waals surface area (Å²) < 4.78 is 1.79. The van der Waals surface area contributed by atoms with Gasteiger partial charge in [-0.1, -0.05) is 6.07 Å². The number of nitrogens with two attached hydrogens (primary N) is 2. The average Bonchev–Trinajstić information content (AvgIpc) is 3.06. The number of fused-ring (bicyclic) bond motifs is 1. The van der Waals surface area contributed by atoms with Crippen LogP contribution in [0.1, 0.15) is 37.3 Å².